The number of hydrogen-bond acceptors (Lipinski definition) is 3. The minimum atomic E-state index is -2.68. The van der Waals surface area contributed by atoms with E-state index in [4.69, 9.17) is 9.16 Å². The number of benzene rings is 2. The molecule has 0 radical (unpaired) electrons. The SMILES string of the molecule is CC(C)(C)OC(=O)N1CC=C[C@H](O[Si](c2ccccc2)(c2ccccc2)C(C)(C)C)C1. The normalized spacial score (nSPS) is 17.5. The molecule has 1 amide bonds. The highest BCUT2D eigenvalue weighted by Gasteiger charge is 2.51. The molecule has 0 aromatic heterocycles. The summed E-state index contributed by atoms with van der Waals surface area (Å²) < 4.78 is 12.7. The largest absolute Gasteiger partial charge is 0.444 e. The summed E-state index contributed by atoms with van der Waals surface area (Å²) >= 11 is 0. The molecule has 31 heavy (non-hydrogen) atoms. The van der Waals surface area contributed by atoms with Gasteiger partial charge in [-0.05, 0) is 36.2 Å². The maximum absolute atomic E-state index is 12.7. The molecule has 3 rings (SSSR count). The van der Waals surface area contributed by atoms with Crippen molar-refractivity contribution in [1.82, 2.24) is 4.90 Å². The molecular formula is C26H35NO3Si. The van der Waals surface area contributed by atoms with Crippen molar-refractivity contribution in [1.29, 1.82) is 0 Å². The average molecular weight is 438 g/mol. The van der Waals surface area contributed by atoms with Gasteiger partial charge in [0.15, 0.2) is 0 Å². The standard InChI is InChI=1S/C26H35NO3Si/c1-25(2,3)29-24(28)27-19-13-14-21(20-27)30-31(26(4,5)6,22-15-9-7-10-16-22)23-17-11-8-12-18-23/h7-18,21H,19-20H2,1-6H3/t21-/m0/s1. The maximum atomic E-state index is 12.7. The predicted octanol–water partition coefficient (Wildman–Crippen LogP) is 4.74. The third-order valence-corrected chi connectivity index (χ3v) is 10.5. The van der Waals surface area contributed by atoms with Crippen LogP contribution >= 0.6 is 0 Å². The lowest BCUT2D eigenvalue weighted by Crippen LogP contribution is -2.68. The van der Waals surface area contributed by atoms with Gasteiger partial charge in [0.2, 0.25) is 0 Å². The van der Waals surface area contributed by atoms with Crippen molar-refractivity contribution < 1.29 is 14.0 Å². The molecule has 4 nitrogen and oxygen atoms in total. The molecule has 2 aromatic rings. The van der Waals surface area contributed by atoms with Crippen LogP contribution in [0.5, 0.6) is 0 Å². The molecule has 0 aliphatic carbocycles. The topological polar surface area (TPSA) is 38.8 Å². The van der Waals surface area contributed by atoms with E-state index >= 15 is 0 Å². The summed E-state index contributed by atoms with van der Waals surface area (Å²) in [6.45, 7) is 13.5. The monoisotopic (exact) mass is 437 g/mol. The Balaban J connectivity index is 1.99. The first-order valence-corrected chi connectivity index (χ1v) is 12.9. The van der Waals surface area contributed by atoms with E-state index in [1.807, 2.05) is 39.0 Å². The molecule has 0 unspecified atom stereocenters. The van der Waals surface area contributed by atoms with Gasteiger partial charge in [0.05, 0.1) is 12.6 Å². The molecule has 0 saturated carbocycles. The molecule has 166 valence electrons. The lowest BCUT2D eigenvalue weighted by Gasteiger charge is -2.45. The highest BCUT2D eigenvalue weighted by Crippen LogP contribution is 2.38. The van der Waals surface area contributed by atoms with Gasteiger partial charge < -0.3 is 14.1 Å². The first-order valence-electron chi connectivity index (χ1n) is 11.0. The first-order chi connectivity index (χ1) is 14.5. The van der Waals surface area contributed by atoms with Gasteiger partial charge in [-0.25, -0.2) is 4.79 Å². The van der Waals surface area contributed by atoms with Crippen molar-refractivity contribution >= 4 is 24.8 Å². The predicted molar refractivity (Wildman–Crippen MR) is 129 cm³/mol. The van der Waals surface area contributed by atoms with Gasteiger partial charge in [-0.3, -0.25) is 0 Å². The van der Waals surface area contributed by atoms with Crippen LogP contribution in [0.25, 0.3) is 0 Å². The van der Waals surface area contributed by atoms with E-state index in [0.717, 1.165) is 0 Å². The van der Waals surface area contributed by atoms with Crippen molar-refractivity contribution in [3.8, 4) is 0 Å². The number of rotatable bonds is 4. The number of carbonyl (C=O) groups is 1. The zero-order chi connectivity index (χ0) is 22.7. The maximum Gasteiger partial charge on any atom is 0.410 e. The lowest BCUT2D eigenvalue weighted by molar-refractivity contribution is 0.0200. The van der Waals surface area contributed by atoms with E-state index in [1.54, 1.807) is 4.90 Å². The number of hydrogen-bond donors (Lipinski definition) is 0. The molecule has 1 atom stereocenters. The number of carbonyl (C=O) groups excluding carboxylic acids is 1. The zero-order valence-electron chi connectivity index (χ0n) is 19.6. The van der Waals surface area contributed by atoms with Gasteiger partial charge in [0, 0.05) is 6.54 Å². The molecule has 5 heteroatoms. The van der Waals surface area contributed by atoms with Crippen LogP contribution in [0.15, 0.2) is 72.8 Å². The molecule has 1 aliphatic rings. The minimum absolute atomic E-state index is 0.113. The number of amides is 1. The number of ether oxygens (including phenoxy) is 1. The molecule has 2 aromatic carbocycles. The van der Waals surface area contributed by atoms with Crippen molar-refractivity contribution in [2.45, 2.75) is 58.3 Å². The lowest BCUT2D eigenvalue weighted by atomic mass is 10.2. The summed E-state index contributed by atoms with van der Waals surface area (Å²) in [7, 11) is -2.68. The highest BCUT2D eigenvalue weighted by atomic mass is 28.4. The Morgan fingerprint density at radius 1 is 0.903 bits per heavy atom. The van der Waals surface area contributed by atoms with E-state index in [-0.39, 0.29) is 17.2 Å². The van der Waals surface area contributed by atoms with E-state index in [2.05, 4.69) is 75.4 Å². The third-order valence-electron chi connectivity index (χ3n) is 5.47. The summed E-state index contributed by atoms with van der Waals surface area (Å²) in [4.78, 5) is 14.4. The van der Waals surface area contributed by atoms with E-state index in [0.29, 0.717) is 13.1 Å². The van der Waals surface area contributed by atoms with Crippen LogP contribution in [0.3, 0.4) is 0 Å². The second-order valence-corrected chi connectivity index (χ2v) is 14.4. The Kier molecular flexibility index (Phi) is 6.77. The van der Waals surface area contributed by atoms with Crippen molar-refractivity contribution in [3.63, 3.8) is 0 Å². The van der Waals surface area contributed by atoms with E-state index in [9.17, 15) is 4.79 Å². The summed E-state index contributed by atoms with van der Waals surface area (Å²) in [5.41, 5.74) is -0.521. The Bertz CT molecular complexity index is 858. The van der Waals surface area contributed by atoms with Crippen LogP contribution in [0, 0.1) is 0 Å². The fourth-order valence-corrected chi connectivity index (χ4v) is 8.78. The molecule has 0 spiro atoms. The first kappa shape index (κ1) is 23.3. The van der Waals surface area contributed by atoms with E-state index < -0.39 is 13.9 Å². The van der Waals surface area contributed by atoms with Crippen LogP contribution in [0.4, 0.5) is 4.79 Å². The second-order valence-electron chi connectivity index (χ2n) is 10.1. The molecule has 0 fully saturated rings. The van der Waals surface area contributed by atoms with Crippen LogP contribution in [-0.4, -0.2) is 44.1 Å². The fraction of sp³-hybridized carbons (Fsp3) is 0.423. The summed E-state index contributed by atoms with van der Waals surface area (Å²) in [6, 6.07) is 21.1. The summed E-state index contributed by atoms with van der Waals surface area (Å²) in [5, 5.41) is 2.35. The molecule has 1 heterocycles. The highest BCUT2D eigenvalue weighted by molar-refractivity contribution is 6.99. The van der Waals surface area contributed by atoms with Crippen molar-refractivity contribution in [3.05, 3.63) is 72.8 Å². The zero-order valence-corrected chi connectivity index (χ0v) is 20.6. The van der Waals surface area contributed by atoms with Gasteiger partial charge in [-0.15, -0.1) is 0 Å². The van der Waals surface area contributed by atoms with Gasteiger partial charge >= 0.3 is 6.09 Å². The Morgan fingerprint density at radius 2 is 1.42 bits per heavy atom. The molecule has 0 bridgehead atoms. The smallest absolute Gasteiger partial charge is 0.410 e. The van der Waals surface area contributed by atoms with Gasteiger partial charge in [-0.2, -0.15) is 0 Å². The summed E-state index contributed by atoms with van der Waals surface area (Å²) in [5.74, 6) is 0. The van der Waals surface area contributed by atoms with Crippen molar-refractivity contribution in [2.75, 3.05) is 13.1 Å². The second kappa shape index (κ2) is 9.01. The minimum Gasteiger partial charge on any atom is -0.444 e. The Morgan fingerprint density at radius 3 is 1.87 bits per heavy atom. The van der Waals surface area contributed by atoms with Crippen molar-refractivity contribution in [2.24, 2.45) is 0 Å². The molecular weight excluding hydrogens is 402 g/mol. The van der Waals surface area contributed by atoms with Crippen LogP contribution in [-0.2, 0) is 9.16 Å². The molecule has 0 saturated heterocycles. The number of nitrogens with zero attached hydrogens (tertiary/aromatic N) is 1. The Labute approximate surface area is 188 Å². The molecule has 1 aliphatic heterocycles. The third kappa shape index (κ3) is 5.28. The van der Waals surface area contributed by atoms with Crippen LogP contribution < -0.4 is 10.4 Å². The van der Waals surface area contributed by atoms with Gasteiger partial charge in [0.25, 0.3) is 8.32 Å². The average Bonchev–Trinajstić information content (AvgIpc) is 2.71. The fourth-order valence-electron chi connectivity index (χ4n) is 4.16. The van der Waals surface area contributed by atoms with Crippen LogP contribution in [0.2, 0.25) is 5.04 Å². The van der Waals surface area contributed by atoms with Crippen LogP contribution in [0.1, 0.15) is 41.5 Å². The summed E-state index contributed by atoms with van der Waals surface area (Å²) in [6.07, 6.45) is 3.61. The Hall–Kier alpha value is -2.37. The molecule has 0 N–H and O–H groups in total. The van der Waals surface area contributed by atoms with E-state index in [1.165, 1.54) is 10.4 Å². The van der Waals surface area contributed by atoms with Gasteiger partial charge in [-0.1, -0.05) is 93.6 Å². The van der Waals surface area contributed by atoms with Gasteiger partial charge in [0.1, 0.15) is 5.60 Å². The quantitative estimate of drug-likeness (QED) is 0.512.